The van der Waals surface area contributed by atoms with Gasteiger partial charge in [-0.3, -0.25) is 19.7 Å². The average molecular weight is 431 g/mol. The Morgan fingerprint density at radius 3 is 2.84 bits per heavy atom. The van der Waals surface area contributed by atoms with Gasteiger partial charge in [-0.2, -0.15) is 0 Å². The Hall–Kier alpha value is -4.01. The predicted octanol–water partition coefficient (Wildman–Crippen LogP) is 1.92. The van der Waals surface area contributed by atoms with Gasteiger partial charge < -0.3 is 9.64 Å². The molecule has 1 N–H and O–H groups in total. The van der Waals surface area contributed by atoms with Crippen LogP contribution in [-0.2, 0) is 22.7 Å². The SMILES string of the molecule is Cc1cccc(OCc2cn(-c3ccc4c(c3)CN(C3CCC(=O)NC3=O)C4=O)nn2)c1. The van der Waals surface area contributed by atoms with Crippen LogP contribution in [0.4, 0.5) is 0 Å². The number of nitrogens with one attached hydrogen (secondary N) is 1. The first-order chi connectivity index (χ1) is 15.5. The minimum Gasteiger partial charge on any atom is -0.487 e. The summed E-state index contributed by atoms with van der Waals surface area (Å²) >= 11 is 0. The lowest BCUT2D eigenvalue weighted by Gasteiger charge is -2.29. The number of carbonyl (C=O) groups excluding carboxylic acids is 3. The first-order valence-electron chi connectivity index (χ1n) is 10.4. The number of piperidine rings is 1. The van der Waals surface area contributed by atoms with E-state index in [9.17, 15) is 14.4 Å². The van der Waals surface area contributed by atoms with Crippen LogP contribution in [0.25, 0.3) is 5.69 Å². The lowest BCUT2D eigenvalue weighted by Crippen LogP contribution is -2.52. The quantitative estimate of drug-likeness (QED) is 0.619. The van der Waals surface area contributed by atoms with Gasteiger partial charge in [0.05, 0.1) is 11.9 Å². The van der Waals surface area contributed by atoms with Crippen molar-refractivity contribution in [2.24, 2.45) is 0 Å². The van der Waals surface area contributed by atoms with Crippen LogP contribution in [0.3, 0.4) is 0 Å². The Morgan fingerprint density at radius 1 is 1.16 bits per heavy atom. The molecule has 9 heteroatoms. The number of hydrogen-bond acceptors (Lipinski definition) is 6. The molecule has 3 aromatic rings. The van der Waals surface area contributed by atoms with Gasteiger partial charge in [0.25, 0.3) is 5.91 Å². The lowest BCUT2D eigenvalue weighted by molar-refractivity contribution is -0.136. The lowest BCUT2D eigenvalue weighted by atomic mass is 10.0. The van der Waals surface area contributed by atoms with E-state index in [1.54, 1.807) is 23.0 Å². The van der Waals surface area contributed by atoms with Crippen molar-refractivity contribution in [3.63, 3.8) is 0 Å². The van der Waals surface area contributed by atoms with Crippen LogP contribution in [0, 0.1) is 6.92 Å². The van der Waals surface area contributed by atoms with Crippen molar-refractivity contribution in [2.75, 3.05) is 0 Å². The van der Waals surface area contributed by atoms with Gasteiger partial charge in [-0.1, -0.05) is 17.3 Å². The highest BCUT2D eigenvalue weighted by Crippen LogP contribution is 2.29. The molecule has 5 rings (SSSR count). The summed E-state index contributed by atoms with van der Waals surface area (Å²) in [4.78, 5) is 38.0. The van der Waals surface area contributed by atoms with Crippen molar-refractivity contribution in [2.45, 2.75) is 39.0 Å². The number of ether oxygens (including phenoxy) is 1. The minimum atomic E-state index is -0.632. The summed E-state index contributed by atoms with van der Waals surface area (Å²) in [7, 11) is 0. The van der Waals surface area contributed by atoms with Crippen LogP contribution in [0.1, 0.15) is 40.0 Å². The van der Waals surface area contributed by atoms with Crippen molar-refractivity contribution in [1.82, 2.24) is 25.2 Å². The highest BCUT2D eigenvalue weighted by atomic mass is 16.5. The number of fused-ring (bicyclic) bond motifs is 1. The summed E-state index contributed by atoms with van der Waals surface area (Å²) in [5, 5.41) is 10.7. The van der Waals surface area contributed by atoms with E-state index in [4.69, 9.17) is 4.74 Å². The Kier molecular flexibility index (Phi) is 4.93. The zero-order valence-electron chi connectivity index (χ0n) is 17.4. The van der Waals surface area contributed by atoms with Crippen LogP contribution in [0.15, 0.2) is 48.7 Å². The Morgan fingerprint density at radius 2 is 2.03 bits per heavy atom. The molecule has 1 fully saturated rings. The third-order valence-electron chi connectivity index (χ3n) is 5.69. The molecule has 0 spiro atoms. The standard InChI is InChI=1S/C23H21N5O4/c1-14-3-2-4-18(9-14)32-13-16-12-28(26-25-16)17-5-6-19-15(10-17)11-27(23(19)31)20-7-8-21(29)24-22(20)30/h2-6,9-10,12,20H,7-8,11,13H2,1H3,(H,24,29,30). The fourth-order valence-corrected chi connectivity index (χ4v) is 4.06. The molecule has 2 aromatic carbocycles. The van der Waals surface area contributed by atoms with E-state index in [2.05, 4.69) is 15.6 Å². The zero-order valence-corrected chi connectivity index (χ0v) is 17.4. The molecule has 0 radical (unpaired) electrons. The first-order valence-corrected chi connectivity index (χ1v) is 10.4. The number of nitrogens with zero attached hydrogens (tertiary/aromatic N) is 4. The molecule has 162 valence electrons. The maximum atomic E-state index is 12.8. The molecule has 3 amide bonds. The van der Waals surface area contributed by atoms with Crippen molar-refractivity contribution < 1.29 is 19.1 Å². The summed E-state index contributed by atoms with van der Waals surface area (Å²) in [6, 6.07) is 12.6. The second kappa shape index (κ2) is 7.92. The van der Waals surface area contributed by atoms with E-state index >= 15 is 0 Å². The largest absolute Gasteiger partial charge is 0.487 e. The molecular weight excluding hydrogens is 410 g/mol. The molecule has 0 saturated carbocycles. The number of rotatable bonds is 5. The molecule has 2 aliphatic rings. The first kappa shape index (κ1) is 19.9. The number of benzene rings is 2. The Bertz CT molecular complexity index is 1230. The number of carbonyl (C=O) groups is 3. The minimum absolute atomic E-state index is 0.202. The molecule has 1 unspecified atom stereocenters. The van der Waals surface area contributed by atoms with Crippen LogP contribution >= 0.6 is 0 Å². The summed E-state index contributed by atoms with van der Waals surface area (Å²) in [6.07, 6.45) is 2.35. The maximum Gasteiger partial charge on any atom is 0.255 e. The van der Waals surface area contributed by atoms with Crippen molar-refractivity contribution >= 4 is 17.7 Å². The molecule has 32 heavy (non-hydrogen) atoms. The molecular formula is C23H21N5O4. The molecule has 0 bridgehead atoms. The monoisotopic (exact) mass is 431 g/mol. The van der Waals surface area contributed by atoms with E-state index in [-0.39, 0.29) is 24.8 Å². The highest BCUT2D eigenvalue weighted by Gasteiger charge is 2.39. The van der Waals surface area contributed by atoms with Gasteiger partial charge in [-0.05, 0) is 54.8 Å². The van der Waals surface area contributed by atoms with Gasteiger partial charge in [0.2, 0.25) is 11.8 Å². The van der Waals surface area contributed by atoms with E-state index < -0.39 is 11.9 Å². The fourth-order valence-electron chi connectivity index (χ4n) is 4.06. The summed E-state index contributed by atoms with van der Waals surface area (Å²) < 4.78 is 7.41. The van der Waals surface area contributed by atoms with Crippen LogP contribution in [0.2, 0.25) is 0 Å². The molecule has 2 aliphatic heterocycles. The molecule has 0 aliphatic carbocycles. The molecule has 9 nitrogen and oxygen atoms in total. The van der Waals surface area contributed by atoms with Gasteiger partial charge in [0.15, 0.2) is 0 Å². The van der Waals surface area contributed by atoms with E-state index in [0.717, 1.165) is 22.6 Å². The van der Waals surface area contributed by atoms with Gasteiger partial charge >= 0.3 is 0 Å². The van der Waals surface area contributed by atoms with Gasteiger partial charge in [0.1, 0.15) is 24.1 Å². The molecule has 3 heterocycles. The maximum absolute atomic E-state index is 12.8. The topological polar surface area (TPSA) is 106 Å². The third kappa shape index (κ3) is 3.73. The number of imide groups is 1. The normalized spacial score (nSPS) is 18.0. The van der Waals surface area contributed by atoms with Gasteiger partial charge in [-0.15, -0.1) is 5.10 Å². The van der Waals surface area contributed by atoms with E-state index in [1.807, 2.05) is 37.3 Å². The van der Waals surface area contributed by atoms with Crippen LogP contribution in [-0.4, -0.2) is 43.7 Å². The highest BCUT2D eigenvalue weighted by molar-refractivity contribution is 6.05. The molecule has 1 aromatic heterocycles. The Balaban J connectivity index is 1.30. The number of aromatic nitrogens is 3. The third-order valence-corrected chi connectivity index (χ3v) is 5.69. The van der Waals surface area contributed by atoms with Crippen LogP contribution in [0.5, 0.6) is 5.75 Å². The second-order valence-electron chi connectivity index (χ2n) is 8.00. The van der Waals surface area contributed by atoms with Crippen molar-refractivity contribution in [1.29, 1.82) is 0 Å². The number of hydrogen-bond donors (Lipinski definition) is 1. The Labute approximate surface area is 184 Å². The average Bonchev–Trinajstić information content (AvgIpc) is 3.37. The second-order valence-corrected chi connectivity index (χ2v) is 8.00. The van der Waals surface area contributed by atoms with Crippen LogP contribution < -0.4 is 10.1 Å². The smallest absolute Gasteiger partial charge is 0.255 e. The fraction of sp³-hybridized carbons (Fsp3) is 0.261. The van der Waals surface area contributed by atoms with Gasteiger partial charge in [0, 0.05) is 18.5 Å². The number of aryl methyl sites for hydroxylation is 1. The number of amides is 3. The van der Waals surface area contributed by atoms with E-state index in [0.29, 0.717) is 24.2 Å². The van der Waals surface area contributed by atoms with Gasteiger partial charge in [-0.25, -0.2) is 4.68 Å². The summed E-state index contributed by atoms with van der Waals surface area (Å²) in [5.41, 5.74) is 3.92. The van der Waals surface area contributed by atoms with E-state index in [1.165, 1.54) is 4.90 Å². The molecule has 1 atom stereocenters. The van der Waals surface area contributed by atoms with Crippen molar-refractivity contribution in [3.05, 3.63) is 71.0 Å². The van der Waals surface area contributed by atoms with Crippen molar-refractivity contribution in [3.8, 4) is 11.4 Å². The summed E-state index contributed by atoms with van der Waals surface area (Å²) in [6.45, 7) is 2.60. The summed E-state index contributed by atoms with van der Waals surface area (Å²) in [5.74, 6) is -0.153. The zero-order chi connectivity index (χ0) is 22.2. The molecule has 1 saturated heterocycles. The predicted molar refractivity (Wildman–Crippen MR) is 113 cm³/mol.